The Hall–Kier alpha value is -1.70. The largest absolute Gasteiger partial charge is 0.462 e. The van der Waals surface area contributed by atoms with Crippen molar-refractivity contribution in [3.8, 4) is 11.5 Å². The van der Waals surface area contributed by atoms with Crippen molar-refractivity contribution in [1.82, 2.24) is 9.88 Å². The van der Waals surface area contributed by atoms with Gasteiger partial charge in [-0.3, -0.25) is 4.79 Å². The van der Waals surface area contributed by atoms with Gasteiger partial charge in [0.25, 0.3) is 5.91 Å². The summed E-state index contributed by atoms with van der Waals surface area (Å²) in [4.78, 5) is 18.2. The molecule has 0 aromatic carbocycles. The third-order valence-electron chi connectivity index (χ3n) is 2.94. The van der Waals surface area contributed by atoms with Gasteiger partial charge in [-0.2, -0.15) is 0 Å². The lowest BCUT2D eigenvalue weighted by atomic mass is 10.2. The molecule has 2 aromatic heterocycles. The van der Waals surface area contributed by atoms with E-state index in [0.29, 0.717) is 24.5 Å². The van der Waals surface area contributed by atoms with Crippen molar-refractivity contribution in [2.75, 3.05) is 33.4 Å². The van der Waals surface area contributed by atoms with E-state index < -0.39 is 0 Å². The maximum atomic E-state index is 12.4. The number of ether oxygens (including phenoxy) is 1. The second kappa shape index (κ2) is 7.35. The number of rotatable bonds is 7. The number of amides is 1. The van der Waals surface area contributed by atoms with Gasteiger partial charge < -0.3 is 19.2 Å². The van der Waals surface area contributed by atoms with E-state index in [-0.39, 0.29) is 19.1 Å². The summed E-state index contributed by atoms with van der Waals surface area (Å²) in [6.45, 7) is 2.93. The second-order valence-electron chi connectivity index (χ2n) is 4.46. The molecule has 0 atom stereocenters. The van der Waals surface area contributed by atoms with Crippen LogP contribution in [0.1, 0.15) is 15.4 Å². The number of hydrogen-bond acceptors (Lipinski definition) is 6. The van der Waals surface area contributed by atoms with Crippen molar-refractivity contribution < 1.29 is 19.1 Å². The molecule has 0 radical (unpaired) electrons. The van der Waals surface area contributed by atoms with E-state index in [1.54, 1.807) is 13.2 Å². The fourth-order valence-electron chi connectivity index (χ4n) is 1.88. The Kier molecular flexibility index (Phi) is 5.49. The van der Waals surface area contributed by atoms with Crippen LogP contribution < -0.4 is 0 Å². The highest BCUT2D eigenvalue weighted by Gasteiger charge is 2.18. The molecule has 0 saturated heterocycles. The third-order valence-corrected chi connectivity index (χ3v) is 3.71. The highest BCUT2D eigenvalue weighted by atomic mass is 32.1. The highest BCUT2D eigenvalue weighted by Crippen LogP contribution is 2.24. The molecule has 0 saturated carbocycles. The highest BCUT2D eigenvalue weighted by molar-refractivity contribution is 7.09. The average Bonchev–Trinajstić information content (AvgIpc) is 3.11. The van der Waals surface area contributed by atoms with Gasteiger partial charge in [0, 0.05) is 25.6 Å². The summed E-state index contributed by atoms with van der Waals surface area (Å²) >= 11 is 1.53. The Bertz CT molecular complexity index is 593. The SMILES string of the molecule is COCCN(CCO)C(=O)c1coc(-c2csc(C)n2)c1. The van der Waals surface area contributed by atoms with Crippen molar-refractivity contribution in [2.45, 2.75) is 6.92 Å². The number of aliphatic hydroxyl groups is 1. The van der Waals surface area contributed by atoms with Crippen LogP contribution in [-0.4, -0.2) is 54.3 Å². The van der Waals surface area contributed by atoms with Crippen LogP contribution >= 0.6 is 11.3 Å². The van der Waals surface area contributed by atoms with Gasteiger partial charge >= 0.3 is 0 Å². The van der Waals surface area contributed by atoms with E-state index >= 15 is 0 Å². The molecule has 7 heteroatoms. The van der Waals surface area contributed by atoms with Crippen LogP contribution in [0.2, 0.25) is 0 Å². The van der Waals surface area contributed by atoms with Crippen LogP contribution in [0.5, 0.6) is 0 Å². The fourth-order valence-corrected chi connectivity index (χ4v) is 2.48. The van der Waals surface area contributed by atoms with Gasteiger partial charge in [0.15, 0.2) is 5.76 Å². The first-order valence-corrected chi connectivity index (χ1v) is 7.43. The minimum absolute atomic E-state index is 0.0918. The van der Waals surface area contributed by atoms with Gasteiger partial charge in [0.05, 0.1) is 23.8 Å². The summed E-state index contributed by atoms with van der Waals surface area (Å²) in [5.41, 5.74) is 1.17. The Labute approximate surface area is 127 Å². The topological polar surface area (TPSA) is 75.8 Å². The molecule has 114 valence electrons. The number of methoxy groups -OCH3 is 1. The van der Waals surface area contributed by atoms with Gasteiger partial charge in [-0.15, -0.1) is 11.3 Å². The molecule has 1 amide bonds. The molecule has 6 nitrogen and oxygen atoms in total. The summed E-state index contributed by atoms with van der Waals surface area (Å²) < 4.78 is 10.4. The first-order valence-electron chi connectivity index (χ1n) is 6.55. The van der Waals surface area contributed by atoms with Gasteiger partial charge in [-0.05, 0) is 13.0 Å². The van der Waals surface area contributed by atoms with Gasteiger partial charge in [0.1, 0.15) is 12.0 Å². The Balaban J connectivity index is 2.13. The number of nitrogens with zero attached hydrogens (tertiary/aromatic N) is 2. The van der Waals surface area contributed by atoms with Crippen LogP contribution in [0.3, 0.4) is 0 Å². The van der Waals surface area contributed by atoms with Crippen LogP contribution in [0.4, 0.5) is 0 Å². The first-order chi connectivity index (χ1) is 10.2. The lowest BCUT2D eigenvalue weighted by molar-refractivity contribution is 0.0656. The zero-order chi connectivity index (χ0) is 15.2. The third kappa shape index (κ3) is 3.90. The Morgan fingerprint density at radius 1 is 1.52 bits per heavy atom. The molecule has 21 heavy (non-hydrogen) atoms. The maximum Gasteiger partial charge on any atom is 0.257 e. The zero-order valence-electron chi connectivity index (χ0n) is 12.0. The molecule has 2 aromatic rings. The number of carbonyl (C=O) groups excluding carboxylic acids is 1. The predicted molar refractivity (Wildman–Crippen MR) is 79.4 cm³/mol. The Morgan fingerprint density at radius 2 is 2.33 bits per heavy atom. The van der Waals surface area contributed by atoms with Gasteiger partial charge in [-0.25, -0.2) is 4.98 Å². The summed E-state index contributed by atoms with van der Waals surface area (Å²) in [5, 5.41) is 11.9. The molecular formula is C14H18N2O4S. The lowest BCUT2D eigenvalue weighted by Gasteiger charge is -2.20. The second-order valence-corrected chi connectivity index (χ2v) is 5.52. The number of furan rings is 1. The number of carbonyl (C=O) groups is 1. The number of aliphatic hydroxyl groups excluding tert-OH is 1. The van der Waals surface area contributed by atoms with E-state index in [2.05, 4.69) is 4.98 Å². The minimum Gasteiger partial charge on any atom is -0.462 e. The predicted octanol–water partition coefficient (Wildman–Crippen LogP) is 1.79. The molecule has 1 N–H and O–H groups in total. The minimum atomic E-state index is -0.192. The molecule has 0 aliphatic heterocycles. The molecule has 0 aliphatic carbocycles. The molecule has 0 aliphatic rings. The molecular weight excluding hydrogens is 292 g/mol. The molecule has 0 fully saturated rings. The summed E-state index contributed by atoms with van der Waals surface area (Å²) in [5.74, 6) is 0.376. The van der Waals surface area contributed by atoms with Crippen LogP contribution in [-0.2, 0) is 4.74 Å². The van der Waals surface area contributed by atoms with Crippen molar-refractivity contribution >= 4 is 17.2 Å². The van der Waals surface area contributed by atoms with Crippen molar-refractivity contribution in [3.63, 3.8) is 0 Å². The molecule has 2 heterocycles. The fraction of sp³-hybridized carbons (Fsp3) is 0.429. The van der Waals surface area contributed by atoms with Gasteiger partial charge in [-0.1, -0.05) is 0 Å². The molecule has 2 rings (SSSR count). The average molecular weight is 310 g/mol. The number of aromatic nitrogens is 1. The van der Waals surface area contributed by atoms with Crippen LogP contribution in [0.25, 0.3) is 11.5 Å². The Morgan fingerprint density at radius 3 is 2.95 bits per heavy atom. The number of aryl methyl sites for hydroxylation is 1. The van der Waals surface area contributed by atoms with Gasteiger partial charge in [0.2, 0.25) is 0 Å². The van der Waals surface area contributed by atoms with Crippen LogP contribution in [0.15, 0.2) is 22.1 Å². The number of thiazole rings is 1. The lowest BCUT2D eigenvalue weighted by Crippen LogP contribution is -2.35. The number of hydrogen-bond donors (Lipinski definition) is 1. The quantitative estimate of drug-likeness (QED) is 0.844. The zero-order valence-corrected chi connectivity index (χ0v) is 12.9. The summed E-state index contributed by atoms with van der Waals surface area (Å²) in [6.07, 6.45) is 1.42. The maximum absolute atomic E-state index is 12.4. The van der Waals surface area contributed by atoms with E-state index in [1.807, 2.05) is 12.3 Å². The molecule has 0 spiro atoms. The van der Waals surface area contributed by atoms with E-state index in [0.717, 1.165) is 10.7 Å². The normalized spacial score (nSPS) is 10.8. The van der Waals surface area contributed by atoms with E-state index in [1.165, 1.54) is 22.5 Å². The van der Waals surface area contributed by atoms with E-state index in [9.17, 15) is 4.79 Å². The molecule has 0 unspecified atom stereocenters. The van der Waals surface area contributed by atoms with Crippen molar-refractivity contribution in [2.24, 2.45) is 0 Å². The van der Waals surface area contributed by atoms with Crippen molar-refractivity contribution in [3.05, 3.63) is 28.3 Å². The summed E-state index contributed by atoms with van der Waals surface area (Å²) in [7, 11) is 1.57. The first kappa shape index (κ1) is 15.7. The standard InChI is InChI=1S/C14H18N2O4S/c1-10-15-12(9-21-10)13-7-11(8-20-13)14(18)16(3-5-17)4-6-19-2/h7-9,17H,3-6H2,1-2H3. The monoisotopic (exact) mass is 310 g/mol. The van der Waals surface area contributed by atoms with E-state index in [4.69, 9.17) is 14.3 Å². The van der Waals surface area contributed by atoms with Crippen LogP contribution in [0, 0.1) is 6.92 Å². The van der Waals surface area contributed by atoms with Crippen molar-refractivity contribution in [1.29, 1.82) is 0 Å². The summed E-state index contributed by atoms with van der Waals surface area (Å²) in [6, 6.07) is 1.67. The smallest absolute Gasteiger partial charge is 0.257 e. The molecule has 0 bridgehead atoms.